The SMILES string of the molecule is CCN(C[C@H]1COC(=O)N1)c1ccc(C(F)(F)F)cc1C. The van der Waals surface area contributed by atoms with Gasteiger partial charge >= 0.3 is 12.3 Å². The number of rotatable bonds is 4. The van der Waals surface area contributed by atoms with Crippen LogP contribution < -0.4 is 10.2 Å². The number of ether oxygens (including phenoxy) is 1. The molecule has 0 aliphatic carbocycles. The third-order valence-electron chi connectivity index (χ3n) is 3.42. The molecular weight excluding hydrogens is 285 g/mol. The fourth-order valence-electron chi connectivity index (χ4n) is 2.38. The van der Waals surface area contributed by atoms with E-state index in [1.807, 2.05) is 11.8 Å². The average molecular weight is 302 g/mol. The molecule has 1 N–H and O–H groups in total. The minimum absolute atomic E-state index is 0.154. The molecule has 0 radical (unpaired) electrons. The third-order valence-corrected chi connectivity index (χ3v) is 3.42. The Labute approximate surface area is 120 Å². The van der Waals surface area contributed by atoms with Crippen LogP contribution >= 0.6 is 0 Å². The van der Waals surface area contributed by atoms with Crippen LogP contribution in [0, 0.1) is 6.92 Å². The van der Waals surface area contributed by atoms with Crippen molar-refractivity contribution in [2.75, 3.05) is 24.6 Å². The van der Waals surface area contributed by atoms with Crippen LogP contribution in [0.15, 0.2) is 18.2 Å². The van der Waals surface area contributed by atoms with Crippen LogP contribution in [0.3, 0.4) is 0 Å². The molecule has 0 bridgehead atoms. The van der Waals surface area contributed by atoms with Crippen molar-refractivity contribution >= 4 is 11.8 Å². The van der Waals surface area contributed by atoms with Gasteiger partial charge in [-0.25, -0.2) is 4.79 Å². The smallest absolute Gasteiger partial charge is 0.416 e. The van der Waals surface area contributed by atoms with Crippen LogP contribution in [-0.4, -0.2) is 31.8 Å². The number of anilines is 1. The highest BCUT2D eigenvalue weighted by molar-refractivity contribution is 5.69. The molecule has 1 aliphatic heterocycles. The Hall–Kier alpha value is -1.92. The average Bonchev–Trinajstić information content (AvgIpc) is 2.81. The second-order valence-corrected chi connectivity index (χ2v) is 4.98. The van der Waals surface area contributed by atoms with Crippen molar-refractivity contribution in [2.45, 2.75) is 26.1 Å². The molecule has 1 amide bonds. The molecule has 1 aliphatic rings. The van der Waals surface area contributed by atoms with Crippen molar-refractivity contribution < 1.29 is 22.7 Å². The highest BCUT2D eigenvalue weighted by Gasteiger charge is 2.31. The summed E-state index contributed by atoms with van der Waals surface area (Å²) in [5.41, 5.74) is 0.626. The first-order valence-electron chi connectivity index (χ1n) is 6.67. The van der Waals surface area contributed by atoms with Crippen molar-refractivity contribution in [3.8, 4) is 0 Å². The van der Waals surface area contributed by atoms with E-state index >= 15 is 0 Å². The molecule has 1 aromatic carbocycles. The van der Waals surface area contributed by atoms with E-state index in [4.69, 9.17) is 4.74 Å². The van der Waals surface area contributed by atoms with E-state index in [1.165, 1.54) is 6.07 Å². The molecule has 21 heavy (non-hydrogen) atoms. The summed E-state index contributed by atoms with van der Waals surface area (Å²) in [7, 11) is 0. The summed E-state index contributed by atoms with van der Waals surface area (Å²) < 4.78 is 42.8. The number of carbonyl (C=O) groups excluding carboxylic acids is 1. The molecule has 0 aromatic heterocycles. The molecule has 1 fully saturated rings. The number of alkyl carbamates (subject to hydrolysis) is 1. The van der Waals surface area contributed by atoms with Gasteiger partial charge in [0.15, 0.2) is 0 Å². The molecule has 1 saturated heterocycles. The molecule has 1 aromatic rings. The summed E-state index contributed by atoms with van der Waals surface area (Å²) in [6.07, 6.45) is -4.80. The predicted octanol–water partition coefficient (Wildman–Crippen LogP) is 2.95. The van der Waals surface area contributed by atoms with Gasteiger partial charge in [-0.05, 0) is 37.6 Å². The zero-order valence-electron chi connectivity index (χ0n) is 11.8. The van der Waals surface area contributed by atoms with Gasteiger partial charge in [-0.15, -0.1) is 0 Å². The molecule has 1 atom stereocenters. The number of alkyl halides is 3. The minimum atomic E-state index is -4.34. The van der Waals surface area contributed by atoms with Crippen molar-refractivity contribution in [2.24, 2.45) is 0 Å². The molecule has 1 heterocycles. The Kier molecular flexibility index (Phi) is 4.29. The normalized spacial score (nSPS) is 18.3. The fraction of sp³-hybridized carbons (Fsp3) is 0.500. The third kappa shape index (κ3) is 3.59. The number of aryl methyl sites for hydroxylation is 1. The van der Waals surface area contributed by atoms with Crippen LogP contribution in [0.2, 0.25) is 0 Å². The number of cyclic esters (lactones) is 1. The van der Waals surface area contributed by atoms with Gasteiger partial charge in [-0.3, -0.25) is 0 Å². The number of carbonyl (C=O) groups is 1. The summed E-state index contributed by atoms with van der Waals surface area (Å²) >= 11 is 0. The Morgan fingerprint density at radius 2 is 2.14 bits per heavy atom. The maximum Gasteiger partial charge on any atom is 0.416 e. The molecule has 116 valence electrons. The van der Waals surface area contributed by atoms with Crippen LogP contribution in [0.5, 0.6) is 0 Å². The number of hydrogen-bond acceptors (Lipinski definition) is 3. The van der Waals surface area contributed by atoms with Crippen molar-refractivity contribution in [1.29, 1.82) is 0 Å². The maximum absolute atomic E-state index is 12.7. The fourth-order valence-corrected chi connectivity index (χ4v) is 2.38. The molecule has 0 unspecified atom stereocenters. The van der Waals surface area contributed by atoms with E-state index in [-0.39, 0.29) is 12.6 Å². The predicted molar refractivity (Wildman–Crippen MR) is 72.3 cm³/mol. The summed E-state index contributed by atoms with van der Waals surface area (Å²) in [6.45, 7) is 4.95. The zero-order valence-corrected chi connectivity index (χ0v) is 11.8. The quantitative estimate of drug-likeness (QED) is 0.930. The number of halogens is 3. The van der Waals surface area contributed by atoms with Gasteiger partial charge < -0.3 is 15.0 Å². The van der Waals surface area contributed by atoms with E-state index in [1.54, 1.807) is 6.92 Å². The van der Waals surface area contributed by atoms with Crippen LogP contribution in [0.1, 0.15) is 18.1 Å². The minimum Gasteiger partial charge on any atom is -0.447 e. The lowest BCUT2D eigenvalue weighted by Gasteiger charge is -2.27. The first-order valence-corrected chi connectivity index (χ1v) is 6.67. The maximum atomic E-state index is 12.7. The standard InChI is InChI=1S/C14H17F3N2O2/c1-3-19(7-11-8-21-13(20)18-11)12-5-4-10(6-9(12)2)14(15,16)17/h4-6,11H,3,7-8H2,1-2H3,(H,18,20)/t11-/m0/s1. The second kappa shape index (κ2) is 5.83. The number of nitrogens with one attached hydrogen (secondary N) is 1. The highest BCUT2D eigenvalue weighted by Crippen LogP contribution is 2.32. The molecular formula is C14H17F3N2O2. The molecule has 7 heteroatoms. The van der Waals surface area contributed by atoms with Gasteiger partial charge in [0.05, 0.1) is 11.6 Å². The topological polar surface area (TPSA) is 41.6 Å². The largest absolute Gasteiger partial charge is 0.447 e. The number of likely N-dealkylation sites (N-methyl/N-ethyl adjacent to an activating group) is 1. The first kappa shape index (κ1) is 15.5. The molecule has 2 rings (SSSR count). The van der Waals surface area contributed by atoms with Gasteiger partial charge in [-0.2, -0.15) is 13.2 Å². The lowest BCUT2D eigenvalue weighted by Crippen LogP contribution is -2.40. The Balaban J connectivity index is 2.16. The van der Waals surface area contributed by atoms with Gasteiger partial charge in [0, 0.05) is 18.8 Å². The van der Waals surface area contributed by atoms with Crippen LogP contribution in [-0.2, 0) is 10.9 Å². The summed E-state index contributed by atoms with van der Waals surface area (Å²) in [4.78, 5) is 12.9. The lowest BCUT2D eigenvalue weighted by atomic mass is 10.1. The van der Waals surface area contributed by atoms with Crippen LogP contribution in [0.4, 0.5) is 23.7 Å². The van der Waals surface area contributed by atoms with Crippen molar-refractivity contribution in [1.82, 2.24) is 5.32 Å². The van der Waals surface area contributed by atoms with E-state index in [0.29, 0.717) is 18.7 Å². The second-order valence-electron chi connectivity index (χ2n) is 4.98. The van der Waals surface area contributed by atoms with E-state index in [0.717, 1.165) is 17.8 Å². The summed E-state index contributed by atoms with van der Waals surface area (Å²) in [6, 6.07) is 3.54. The van der Waals surface area contributed by atoms with E-state index in [2.05, 4.69) is 5.32 Å². The first-order chi connectivity index (χ1) is 9.81. The number of amides is 1. The van der Waals surface area contributed by atoms with Gasteiger partial charge in [0.1, 0.15) is 6.61 Å². The van der Waals surface area contributed by atoms with Gasteiger partial charge in [0.2, 0.25) is 0 Å². The Bertz CT molecular complexity index is 531. The highest BCUT2D eigenvalue weighted by atomic mass is 19.4. The Morgan fingerprint density at radius 1 is 1.43 bits per heavy atom. The summed E-state index contributed by atoms with van der Waals surface area (Å²) in [5, 5.41) is 2.66. The Morgan fingerprint density at radius 3 is 2.62 bits per heavy atom. The number of nitrogens with zero attached hydrogens (tertiary/aromatic N) is 1. The molecule has 0 saturated carbocycles. The van der Waals surface area contributed by atoms with Gasteiger partial charge in [0.25, 0.3) is 0 Å². The molecule has 4 nitrogen and oxygen atoms in total. The number of hydrogen-bond donors (Lipinski definition) is 1. The molecule has 0 spiro atoms. The van der Waals surface area contributed by atoms with Crippen LogP contribution in [0.25, 0.3) is 0 Å². The van der Waals surface area contributed by atoms with Crippen molar-refractivity contribution in [3.05, 3.63) is 29.3 Å². The van der Waals surface area contributed by atoms with Gasteiger partial charge in [-0.1, -0.05) is 0 Å². The van der Waals surface area contributed by atoms with Crippen molar-refractivity contribution in [3.63, 3.8) is 0 Å². The lowest BCUT2D eigenvalue weighted by molar-refractivity contribution is -0.137. The monoisotopic (exact) mass is 302 g/mol. The number of benzene rings is 1. The zero-order chi connectivity index (χ0) is 15.6. The van der Waals surface area contributed by atoms with E-state index < -0.39 is 17.8 Å². The summed E-state index contributed by atoms with van der Waals surface area (Å²) in [5.74, 6) is 0. The van der Waals surface area contributed by atoms with E-state index in [9.17, 15) is 18.0 Å².